The van der Waals surface area contributed by atoms with Gasteiger partial charge in [0.25, 0.3) is 0 Å². The van der Waals surface area contributed by atoms with Crippen LogP contribution in [0.1, 0.15) is 31.1 Å². The van der Waals surface area contributed by atoms with Gasteiger partial charge in [0.1, 0.15) is 0 Å². The normalized spacial score (nSPS) is 30.2. The lowest BCUT2D eigenvalue weighted by Gasteiger charge is -2.13. The molecule has 0 saturated carbocycles. The third kappa shape index (κ3) is 1.74. The molecule has 0 spiro atoms. The molecule has 0 amide bonds. The number of nitrogens with zero attached hydrogens (tertiary/aromatic N) is 2. The predicted octanol–water partition coefficient (Wildman–Crippen LogP) is 3.60. The van der Waals surface area contributed by atoms with Crippen LogP contribution in [0.25, 0.3) is 10.7 Å². The Balaban J connectivity index is 1.62. The Labute approximate surface area is 116 Å². The standard InChI is InChI=1S/C12H11BrN2O2S/c13-6-3-10(18-5-6)11-14-12(17-15-11)8-4-7-1-2-9(8)16-7/h3,5,7-9H,1-2,4H2. The van der Waals surface area contributed by atoms with Crippen LogP contribution in [0.3, 0.4) is 0 Å². The van der Waals surface area contributed by atoms with Crippen molar-refractivity contribution >= 4 is 27.3 Å². The zero-order valence-corrected chi connectivity index (χ0v) is 11.9. The van der Waals surface area contributed by atoms with Gasteiger partial charge >= 0.3 is 0 Å². The zero-order valence-electron chi connectivity index (χ0n) is 9.51. The molecular formula is C12H11BrN2O2S. The highest BCUT2D eigenvalue weighted by molar-refractivity contribution is 9.10. The molecule has 18 heavy (non-hydrogen) atoms. The fourth-order valence-electron chi connectivity index (χ4n) is 2.81. The molecule has 2 aliphatic rings. The van der Waals surface area contributed by atoms with Crippen LogP contribution in [-0.2, 0) is 4.74 Å². The Morgan fingerprint density at radius 1 is 1.39 bits per heavy atom. The molecule has 3 atom stereocenters. The van der Waals surface area contributed by atoms with Gasteiger partial charge < -0.3 is 9.26 Å². The van der Waals surface area contributed by atoms with Crippen molar-refractivity contribution in [2.24, 2.45) is 0 Å². The highest BCUT2D eigenvalue weighted by Gasteiger charge is 2.44. The molecule has 4 heterocycles. The maximum Gasteiger partial charge on any atom is 0.232 e. The summed E-state index contributed by atoms with van der Waals surface area (Å²) in [5.74, 6) is 1.72. The molecule has 6 heteroatoms. The van der Waals surface area contributed by atoms with Crippen molar-refractivity contribution in [3.8, 4) is 10.7 Å². The van der Waals surface area contributed by atoms with Crippen molar-refractivity contribution in [3.05, 3.63) is 21.8 Å². The van der Waals surface area contributed by atoms with Crippen LogP contribution < -0.4 is 0 Å². The fourth-order valence-corrected chi connectivity index (χ4v) is 4.17. The Bertz CT molecular complexity index is 582. The van der Waals surface area contributed by atoms with Gasteiger partial charge in [0.05, 0.1) is 23.0 Å². The molecule has 4 nitrogen and oxygen atoms in total. The number of hydrogen-bond donors (Lipinski definition) is 0. The summed E-state index contributed by atoms with van der Waals surface area (Å²) in [7, 11) is 0. The molecule has 2 bridgehead atoms. The Morgan fingerprint density at radius 2 is 2.33 bits per heavy atom. The molecule has 0 aromatic carbocycles. The topological polar surface area (TPSA) is 48.2 Å². The van der Waals surface area contributed by atoms with E-state index in [0.717, 1.165) is 28.1 Å². The van der Waals surface area contributed by atoms with E-state index in [4.69, 9.17) is 9.26 Å². The third-order valence-corrected chi connectivity index (χ3v) is 5.34. The first-order chi connectivity index (χ1) is 8.79. The Kier molecular flexibility index (Phi) is 2.56. The third-order valence-electron chi connectivity index (χ3n) is 3.65. The molecule has 0 N–H and O–H groups in total. The van der Waals surface area contributed by atoms with Crippen molar-refractivity contribution in [2.75, 3.05) is 0 Å². The van der Waals surface area contributed by atoms with E-state index in [-0.39, 0.29) is 0 Å². The molecule has 2 fully saturated rings. The van der Waals surface area contributed by atoms with Crippen molar-refractivity contribution in [3.63, 3.8) is 0 Å². The first kappa shape index (κ1) is 11.1. The van der Waals surface area contributed by atoms with Gasteiger partial charge in [0.15, 0.2) is 0 Å². The number of hydrogen-bond acceptors (Lipinski definition) is 5. The predicted molar refractivity (Wildman–Crippen MR) is 70.6 cm³/mol. The second-order valence-electron chi connectivity index (χ2n) is 4.80. The van der Waals surface area contributed by atoms with Gasteiger partial charge in [-0.1, -0.05) is 5.16 Å². The number of aromatic nitrogens is 2. The number of fused-ring (bicyclic) bond motifs is 2. The largest absolute Gasteiger partial charge is 0.374 e. The van der Waals surface area contributed by atoms with E-state index in [1.807, 2.05) is 11.4 Å². The van der Waals surface area contributed by atoms with E-state index >= 15 is 0 Å². The van der Waals surface area contributed by atoms with Gasteiger partial charge in [-0.3, -0.25) is 0 Å². The number of ether oxygens (including phenoxy) is 1. The van der Waals surface area contributed by atoms with E-state index in [2.05, 4.69) is 26.1 Å². The van der Waals surface area contributed by atoms with Crippen molar-refractivity contribution in [1.82, 2.24) is 10.1 Å². The molecule has 3 unspecified atom stereocenters. The van der Waals surface area contributed by atoms with Gasteiger partial charge in [-0.15, -0.1) is 11.3 Å². The minimum absolute atomic E-state index is 0.290. The monoisotopic (exact) mass is 326 g/mol. The Hall–Kier alpha value is -0.720. The highest BCUT2D eigenvalue weighted by atomic mass is 79.9. The minimum atomic E-state index is 0.290. The lowest BCUT2D eigenvalue weighted by atomic mass is 9.89. The number of halogens is 1. The fraction of sp³-hybridized carbons (Fsp3) is 0.500. The quantitative estimate of drug-likeness (QED) is 0.846. The van der Waals surface area contributed by atoms with E-state index in [1.54, 1.807) is 11.3 Å². The van der Waals surface area contributed by atoms with E-state index in [9.17, 15) is 0 Å². The minimum Gasteiger partial charge on any atom is -0.374 e. The van der Waals surface area contributed by atoms with Gasteiger partial charge in [-0.25, -0.2) is 0 Å². The first-order valence-electron chi connectivity index (χ1n) is 6.03. The molecule has 4 rings (SSSR count). The average Bonchev–Trinajstić information content (AvgIpc) is 3.12. The summed E-state index contributed by atoms with van der Waals surface area (Å²) >= 11 is 5.04. The van der Waals surface area contributed by atoms with E-state index in [0.29, 0.717) is 24.0 Å². The lowest BCUT2D eigenvalue weighted by molar-refractivity contribution is 0.0974. The van der Waals surface area contributed by atoms with Gasteiger partial charge in [-0.05, 0) is 41.3 Å². The van der Waals surface area contributed by atoms with Crippen LogP contribution in [0, 0.1) is 0 Å². The van der Waals surface area contributed by atoms with Crippen LogP contribution in [0.4, 0.5) is 0 Å². The number of thiophene rings is 1. The van der Waals surface area contributed by atoms with Crippen LogP contribution in [0.15, 0.2) is 20.4 Å². The summed E-state index contributed by atoms with van der Waals surface area (Å²) in [6, 6.07) is 2.01. The molecule has 2 saturated heterocycles. The van der Waals surface area contributed by atoms with E-state index < -0.39 is 0 Å². The summed E-state index contributed by atoms with van der Waals surface area (Å²) in [5.41, 5.74) is 0. The summed E-state index contributed by atoms with van der Waals surface area (Å²) in [6.07, 6.45) is 4.03. The lowest BCUT2D eigenvalue weighted by Crippen LogP contribution is -2.14. The van der Waals surface area contributed by atoms with Crippen LogP contribution in [0.5, 0.6) is 0 Å². The van der Waals surface area contributed by atoms with Crippen molar-refractivity contribution in [2.45, 2.75) is 37.4 Å². The smallest absolute Gasteiger partial charge is 0.232 e. The van der Waals surface area contributed by atoms with Gasteiger partial charge in [-0.2, -0.15) is 4.98 Å². The molecule has 0 radical (unpaired) electrons. The van der Waals surface area contributed by atoms with E-state index in [1.165, 1.54) is 6.42 Å². The van der Waals surface area contributed by atoms with Crippen molar-refractivity contribution in [1.29, 1.82) is 0 Å². The average molecular weight is 327 g/mol. The van der Waals surface area contributed by atoms with Crippen LogP contribution >= 0.6 is 27.3 Å². The van der Waals surface area contributed by atoms with Gasteiger partial charge in [0, 0.05) is 9.85 Å². The maximum atomic E-state index is 5.83. The first-order valence-corrected chi connectivity index (χ1v) is 7.70. The molecule has 94 valence electrons. The SMILES string of the molecule is Brc1csc(-c2noc(C3CC4CCC3O4)n2)c1. The molecule has 2 aromatic rings. The van der Waals surface area contributed by atoms with Gasteiger partial charge in [0.2, 0.25) is 11.7 Å². The molecular weight excluding hydrogens is 316 g/mol. The maximum absolute atomic E-state index is 5.83. The zero-order chi connectivity index (χ0) is 12.1. The Morgan fingerprint density at radius 3 is 3.00 bits per heavy atom. The highest BCUT2D eigenvalue weighted by Crippen LogP contribution is 2.44. The number of rotatable bonds is 2. The van der Waals surface area contributed by atoms with Crippen LogP contribution in [-0.4, -0.2) is 22.3 Å². The second kappa shape index (κ2) is 4.15. The summed E-state index contributed by atoms with van der Waals surface area (Å²) in [5, 5.41) is 6.10. The summed E-state index contributed by atoms with van der Waals surface area (Å²) in [4.78, 5) is 5.56. The summed E-state index contributed by atoms with van der Waals surface area (Å²) < 4.78 is 12.3. The second-order valence-corrected chi connectivity index (χ2v) is 6.63. The summed E-state index contributed by atoms with van der Waals surface area (Å²) in [6.45, 7) is 0. The molecule has 0 aliphatic carbocycles. The molecule has 2 aromatic heterocycles. The van der Waals surface area contributed by atoms with Crippen LogP contribution in [0.2, 0.25) is 0 Å². The van der Waals surface area contributed by atoms with Crippen molar-refractivity contribution < 1.29 is 9.26 Å². The molecule has 2 aliphatic heterocycles.